The van der Waals surface area contributed by atoms with Gasteiger partial charge in [-0.05, 0) is 68.2 Å². The second-order valence-corrected chi connectivity index (χ2v) is 10.2. The Morgan fingerprint density at radius 3 is 2.56 bits per heavy atom. The van der Waals surface area contributed by atoms with Gasteiger partial charge in [0, 0.05) is 38.0 Å². The standard InChI is InChI=1S/C28H40N4O4/c1-4-31(17-18-33)27(34)24-7-5-22(6-8-24)23-9-11-25(12-10-23)35-19-21-13-15-32(16-14-21)28-29-26(20(2)3)30-36-28/h5,9-12,20-21,24,33H,4,6-8,13-19H2,1-3H3. The molecule has 4 rings (SSSR count). The number of aromatic nitrogens is 2. The summed E-state index contributed by atoms with van der Waals surface area (Å²) in [4.78, 5) is 21.1. The number of amides is 1. The van der Waals surface area contributed by atoms with Crippen molar-refractivity contribution in [3.05, 3.63) is 41.7 Å². The van der Waals surface area contributed by atoms with Crippen LogP contribution in [0.5, 0.6) is 5.75 Å². The van der Waals surface area contributed by atoms with Crippen LogP contribution in [0.4, 0.5) is 6.01 Å². The molecule has 196 valence electrons. The molecular formula is C28H40N4O4. The van der Waals surface area contributed by atoms with Gasteiger partial charge in [0.2, 0.25) is 5.91 Å². The average Bonchev–Trinajstić information content (AvgIpc) is 3.42. The van der Waals surface area contributed by atoms with Gasteiger partial charge in [-0.2, -0.15) is 4.98 Å². The van der Waals surface area contributed by atoms with Gasteiger partial charge in [0.15, 0.2) is 5.82 Å². The third-order valence-electron chi connectivity index (χ3n) is 7.37. The van der Waals surface area contributed by atoms with E-state index < -0.39 is 0 Å². The fourth-order valence-corrected chi connectivity index (χ4v) is 4.98. The molecule has 1 aliphatic carbocycles. The van der Waals surface area contributed by atoms with Crippen molar-refractivity contribution >= 4 is 17.5 Å². The molecule has 1 atom stereocenters. The van der Waals surface area contributed by atoms with Crippen molar-refractivity contribution < 1.29 is 19.2 Å². The van der Waals surface area contributed by atoms with E-state index in [1.807, 2.05) is 6.92 Å². The largest absolute Gasteiger partial charge is 0.493 e. The van der Waals surface area contributed by atoms with Gasteiger partial charge in [-0.1, -0.05) is 37.2 Å². The Morgan fingerprint density at radius 2 is 1.97 bits per heavy atom. The van der Waals surface area contributed by atoms with Crippen LogP contribution in [0, 0.1) is 11.8 Å². The van der Waals surface area contributed by atoms with Gasteiger partial charge < -0.3 is 24.2 Å². The molecule has 2 aliphatic rings. The average molecular weight is 497 g/mol. The lowest BCUT2D eigenvalue weighted by atomic mass is 9.86. The quantitative estimate of drug-likeness (QED) is 0.517. The summed E-state index contributed by atoms with van der Waals surface area (Å²) >= 11 is 0. The van der Waals surface area contributed by atoms with E-state index in [0.29, 0.717) is 31.6 Å². The van der Waals surface area contributed by atoms with E-state index in [1.54, 1.807) is 4.90 Å². The minimum absolute atomic E-state index is 0.0142. The molecule has 2 aromatic rings. The zero-order valence-electron chi connectivity index (χ0n) is 21.9. The number of carbonyl (C=O) groups is 1. The van der Waals surface area contributed by atoms with Gasteiger partial charge in [-0.25, -0.2) is 0 Å². The van der Waals surface area contributed by atoms with Gasteiger partial charge >= 0.3 is 6.01 Å². The summed E-state index contributed by atoms with van der Waals surface area (Å²) in [6.45, 7) is 9.69. The topological polar surface area (TPSA) is 91.9 Å². The van der Waals surface area contributed by atoms with Crippen molar-refractivity contribution in [2.45, 2.75) is 58.8 Å². The second kappa shape index (κ2) is 12.4. The number of hydrogen-bond donors (Lipinski definition) is 1. The molecule has 8 heteroatoms. The van der Waals surface area contributed by atoms with Crippen molar-refractivity contribution in [2.75, 3.05) is 44.3 Å². The molecule has 36 heavy (non-hydrogen) atoms. The van der Waals surface area contributed by atoms with E-state index in [0.717, 1.165) is 56.8 Å². The van der Waals surface area contributed by atoms with E-state index in [1.165, 1.54) is 11.1 Å². The summed E-state index contributed by atoms with van der Waals surface area (Å²) in [6, 6.07) is 8.98. The molecule has 1 N–H and O–H groups in total. The van der Waals surface area contributed by atoms with Crippen LogP contribution in [0.1, 0.15) is 70.2 Å². The van der Waals surface area contributed by atoms with Crippen molar-refractivity contribution in [3.63, 3.8) is 0 Å². The number of aliphatic hydroxyl groups excluding tert-OH is 1. The molecule has 1 aromatic carbocycles. The number of rotatable bonds is 10. The van der Waals surface area contributed by atoms with Crippen LogP contribution < -0.4 is 9.64 Å². The highest BCUT2D eigenvalue weighted by Crippen LogP contribution is 2.32. The minimum atomic E-state index is 0.0142. The molecule has 0 radical (unpaired) electrons. The Labute approximate surface area is 214 Å². The first-order valence-electron chi connectivity index (χ1n) is 13.4. The molecule has 2 heterocycles. The molecular weight excluding hydrogens is 456 g/mol. The molecule has 1 unspecified atom stereocenters. The lowest BCUT2D eigenvalue weighted by Gasteiger charge is -2.30. The highest BCUT2D eigenvalue weighted by molar-refractivity contribution is 5.80. The molecule has 1 amide bonds. The fraction of sp³-hybridized carbons (Fsp3) is 0.607. The number of likely N-dealkylation sites (N-methyl/N-ethyl adjacent to an activating group) is 1. The van der Waals surface area contributed by atoms with E-state index >= 15 is 0 Å². The molecule has 1 aromatic heterocycles. The number of piperidine rings is 1. The first-order valence-corrected chi connectivity index (χ1v) is 13.4. The highest BCUT2D eigenvalue weighted by atomic mass is 16.5. The maximum absolute atomic E-state index is 12.7. The maximum atomic E-state index is 12.7. The van der Waals surface area contributed by atoms with E-state index in [9.17, 15) is 9.90 Å². The SMILES string of the molecule is CCN(CCO)C(=O)C1CC=C(c2ccc(OCC3CCN(c4nc(C(C)C)no4)CC3)cc2)CC1. The molecule has 0 bridgehead atoms. The molecule has 8 nitrogen and oxygen atoms in total. The Hall–Kier alpha value is -2.87. The highest BCUT2D eigenvalue weighted by Gasteiger charge is 2.26. The number of allylic oxidation sites excluding steroid dienone is 2. The van der Waals surface area contributed by atoms with Gasteiger partial charge in [-0.3, -0.25) is 4.79 Å². The van der Waals surface area contributed by atoms with Crippen molar-refractivity contribution in [1.29, 1.82) is 0 Å². The molecule has 0 spiro atoms. The molecule has 0 saturated carbocycles. The van der Waals surface area contributed by atoms with Gasteiger partial charge in [-0.15, -0.1) is 0 Å². The molecule has 1 fully saturated rings. The van der Waals surface area contributed by atoms with E-state index in [-0.39, 0.29) is 24.3 Å². The molecule has 1 aliphatic heterocycles. The van der Waals surface area contributed by atoms with Crippen LogP contribution in [0.3, 0.4) is 0 Å². The number of nitrogens with zero attached hydrogens (tertiary/aromatic N) is 4. The number of ether oxygens (including phenoxy) is 1. The lowest BCUT2D eigenvalue weighted by molar-refractivity contribution is -0.136. The van der Waals surface area contributed by atoms with E-state index in [2.05, 4.69) is 59.2 Å². The fourth-order valence-electron chi connectivity index (χ4n) is 4.98. The van der Waals surface area contributed by atoms with Gasteiger partial charge in [0.25, 0.3) is 0 Å². The monoisotopic (exact) mass is 496 g/mol. The van der Waals surface area contributed by atoms with Crippen molar-refractivity contribution in [2.24, 2.45) is 11.8 Å². The maximum Gasteiger partial charge on any atom is 0.324 e. The van der Waals surface area contributed by atoms with E-state index in [4.69, 9.17) is 9.26 Å². The number of carbonyl (C=O) groups excluding carboxylic acids is 1. The number of hydrogen-bond acceptors (Lipinski definition) is 7. The summed E-state index contributed by atoms with van der Waals surface area (Å²) < 4.78 is 11.5. The summed E-state index contributed by atoms with van der Waals surface area (Å²) in [7, 11) is 0. The summed E-state index contributed by atoms with van der Waals surface area (Å²) in [5.74, 6) is 2.62. The predicted molar refractivity (Wildman–Crippen MR) is 140 cm³/mol. The minimum Gasteiger partial charge on any atom is -0.493 e. The first-order chi connectivity index (χ1) is 17.5. The second-order valence-electron chi connectivity index (χ2n) is 10.2. The number of anilines is 1. The Morgan fingerprint density at radius 1 is 1.22 bits per heavy atom. The first kappa shape index (κ1) is 26.2. The van der Waals surface area contributed by atoms with Crippen LogP contribution in [-0.2, 0) is 4.79 Å². The van der Waals surface area contributed by atoms with Gasteiger partial charge in [0.1, 0.15) is 5.75 Å². The Kier molecular flexibility index (Phi) is 9.02. The Bertz CT molecular complexity index is 1010. The van der Waals surface area contributed by atoms with Crippen LogP contribution in [-0.4, -0.2) is 65.4 Å². The van der Waals surface area contributed by atoms with Crippen molar-refractivity contribution in [3.8, 4) is 5.75 Å². The molecule has 1 saturated heterocycles. The third kappa shape index (κ3) is 6.46. The smallest absolute Gasteiger partial charge is 0.324 e. The normalized spacial score (nSPS) is 18.9. The third-order valence-corrected chi connectivity index (χ3v) is 7.37. The number of aliphatic hydroxyl groups is 1. The predicted octanol–water partition coefficient (Wildman–Crippen LogP) is 4.51. The zero-order valence-corrected chi connectivity index (χ0v) is 21.9. The van der Waals surface area contributed by atoms with Crippen LogP contribution >= 0.6 is 0 Å². The summed E-state index contributed by atoms with van der Waals surface area (Å²) in [5.41, 5.74) is 2.49. The number of benzene rings is 1. The van der Waals surface area contributed by atoms with Crippen LogP contribution in [0.15, 0.2) is 34.9 Å². The Balaban J connectivity index is 1.22. The lowest BCUT2D eigenvalue weighted by Crippen LogP contribution is -2.38. The summed E-state index contributed by atoms with van der Waals surface area (Å²) in [6.07, 6.45) is 6.79. The van der Waals surface area contributed by atoms with Gasteiger partial charge in [0.05, 0.1) is 13.2 Å². The van der Waals surface area contributed by atoms with Crippen molar-refractivity contribution in [1.82, 2.24) is 15.0 Å². The van der Waals surface area contributed by atoms with Crippen LogP contribution in [0.2, 0.25) is 0 Å². The summed E-state index contributed by atoms with van der Waals surface area (Å²) in [5, 5.41) is 13.3. The van der Waals surface area contributed by atoms with Crippen LogP contribution in [0.25, 0.3) is 5.57 Å². The zero-order chi connectivity index (χ0) is 25.5.